The number of rotatable bonds is 6. The first-order chi connectivity index (χ1) is 14.9. The van der Waals surface area contributed by atoms with Crippen molar-refractivity contribution in [2.45, 2.75) is 26.4 Å². The number of fused-ring (bicyclic) bond motifs is 1. The van der Waals surface area contributed by atoms with Gasteiger partial charge in [-0.2, -0.15) is 0 Å². The highest BCUT2D eigenvalue weighted by Crippen LogP contribution is 2.27. The SMILES string of the molecule is C=C(C)Cn1c(C(=O)N2CCN(C(=O)COc3ccccc3)C(C)C2)cc2ccsc21. The van der Waals surface area contributed by atoms with E-state index in [1.165, 1.54) is 0 Å². The highest BCUT2D eigenvalue weighted by atomic mass is 32.1. The predicted octanol–water partition coefficient (Wildman–Crippen LogP) is 4.03. The Labute approximate surface area is 186 Å². The molecule has 1 aliphatic heterocycles. The van der Waals surface area contributed by atoms with Crippen LogP contribution in [0.1, 0.15) is 24.3 Å². The number of allylic oxidation sites excluding steroid dienone is 1. The lowest BCUT2D eigenvalue weighted by molar-refractivity contribution is -0.137. The molecule has 1 aliphatic rings. The van der Waals surface area contributed by atoms with Crippen LogP contribution in [-0.4, -0.2) is 58.5 Å². The Morgan fingerprint density at radius 2 is 1.97 bits per heavy atom. The minimum absolute atomic E-state index is 0.0000394. The molecule has 0 N–H and O–H groups in total. The van der Waals surface area contributed by atoms with Gasteiger partial charge in [0.15, 0.2) is 6.61 Å². The molecule has 3 heterocycles. The van der Waals surface area contributed by atoms with Crippen molar-refractivity contribution >= 4 is 33.4 Å². The molecule has 31 heavy (non-hydrogen) atoms. The molecule has 4 rings (SSSR count). The third-order valence-corrected chi connectivity index (χ3v) is 6.44. The van der Waals surface area contributed by atoms with Gasteiger partial charge in [0.2, 0.25) is 0 Å². The van der Waals surface area contributed by atoms with Crippen LogP contribution in [0, 0.1) is 0 Å². The highest BCUT2D eigenvalue weighted by molar-refractivity contribution is 7.16. The normalized spacial score (nSPS) is 16.5. The van der Waals surface area contributed by atoms with E-state index in [1.54, 1.807) is 16.2 Å². The van der Waals surface area contributed by atoms with E-state index in [9.17, 15) is 9.59 Å². The Hall–Kier alpha value is -3.06. The zero-order chi connectivity index (χ0) is 22.0. The van der Waals surface area contributed by atoms with Gasteiger partial charge in [0.1, 0.15) is 16.3 Å². The molecule has 1 atom stereocenters. The van der Waals surface area contributed by atoms with Crippen LogP contribution in [0.5, 0.6) is 5.75 Å². The molecule has 0 bridgehead atoms. The molecule has 3 aromatic rings. The van der Waals surface area contributed by atoms with Crippen LogP contribution in [0.15, 0.2) is 60.0 Å². The third-order valence-electron chi connectivity index (χ3n) is 5.49. The van der Waals surface area contributed by atoms with Crippen molar-refractivity contribution in [3.63, 3.8) is 0 Å². The van der Waals surface area contributed by atoms with E-state index in [-0.39, 0.29) is 24.5 Å². The van der Waals surface area contributed by atoms with E-state index in [0.717, 1.165) is 15.8 Å². The van der Waals surface area contributed by atoms with Crippen LogP contribution < -0.4 is 4.74 Å². The second-order valence-corrected chi connectivity index (χ2v) is 8.94. The molecule has 0 radical (unpaired) electrons. The molecule has 1 unspecified atom stereocenters. The van der Waals surface area contributed by atoms with Crippen LogP contribution in [0.4, 0.5) is 0 Å². The number of aromatic nitrogens is 1. The number of benzene rings is 1. The monoisotopic (exact) mass is 437 g/mol. The van der Waals surface area contributed by atoms with Gasteiger partial charge in [-0.1, -0.05) is 30.4 Å². The van der Waals surface area contributed by atoms with E-state index >= 15 is 0 Å². The number of para-hydroxylation sites is 1. The highest BCUT2D eigenvalue weighted by Gasteiger charge is 2.31. The summed E-state index contributed by atoms with van der Waals surface area (Å²) < 4.78 is 7.66. The Kier molecular flexibility index (Phi) is 6.13. The van der Waals surface area contributed by atoms with Gasteiger partial charge in [-0.15, -0.1) is 11.3 Å². The van der Waals surface area contributed by atoms with Crippen LogP contribution in [-0.2, 0) is 11.3 Å². The van der Waals surface area contributed by atoms with Crippen molar-refractivity contribution in [3.8, 4) is 5.75 Å². The fourth-order valence-corrected chi connectivity index (χ4v) is 4.90. The van der Waals surface area contributed by atoms with E-state index in [0.29, 0.717) is 37.6 Å². The first-order valence-corrected chi connectivity index (χ1v) is 11.3. The molecular weight excluding hydrogens is 410 g/mol. The van der Waals surface area contributed by atoms with E-state index < -0.39 is 0 Å². The summed E-state index contributed by atoms with van der Waals surface area (Å²) in [6, 6.07) is 13.3. The summed E-state index contributed by atoms with van der Waals surface area (Å²) in [5, 5.41) is 3.12. The summed E-state index contributed by atoms with van der Waals surface area (Å²) in [6.07, 6.45) is 0. The quantitative estimate of drug-likeness (QED) is 0.547. The average Bonchev–Trinajstić information content (AvgIpc) is 3.34. The lowest BCUT2D eigenvalue weighted by atomic mass is 10.1. The van der Waals surface area contributed by atoms with Gasteiger partial charge >= 0.3 is 0 Å². The molecule has 0 aliphatic carbocycles. The molecule has 7 heteroatoms. The summed E-state index contributed by atoms with van der Waals surface area (Å²) in [7, 11) is 0. The second kappa shape index (κ2) is 8.98. The van der Waals surface area contributed by atoms with Gasteiger partial charge in [-0.3, -0.25) is 9.59 Å². The number of piperazine rings is 1. The average molecular weight is 438 g/mol. The first-order valence-electron chi connectivity index (χ1n) is 10.4. The first kappa shape index (κ1) is 21.2. The zero-order valence-electron chi connectivity index (χ0n) is 17.9. The van der Waals surface area contributed by atoms with Crippen molar-refractivity contribution in [2.24, 2.45) is 0 Å². The van der Waals surface area contributed by atoms with Gasteiger partial charge in [0.05, 0.1) is 0 Å². The van der Waals surface area contributed by atoms with Gasteiger partial charge in [-0.25, -0.2) is 0 Å². The molecule has 2 amide bonds. The number of amides is 2. The maximum Gasteiger partial charge on any atom is 0.270 e. The maximum atomic E-state index is 13.4. The summed E-state index contributed by atoms with van der Waals surface area (Å²) in [6.45, 7) is 10.1. The summed E-state index contributed by atoms with van der Waals surface area (Å²) in [5.41, 5.74) is 1.69. The van der Waals surface area contributed by atoms with Crippen molar-refractivity contribution in [3.05, 3.63) is 65.7 Å². The fraction of sp³-hybridized carbons (Fsp3) is 0.333. The summed E-state index contributed by atoms with van der Waals surface area (Å²) >= 11 is 1.63. The zero-order valence-corrected chi connectivity index (χ0v) is 18.7. The topological polar surface area (TPSA) is 54.8 Å². The number of ether oxygens (including phenoxy) is 1. The third kappa shape index (κ3) is 4.51. The smallest absolute Gasteiger partial charge is 0.270 e. The Morgan fingerprint density at radius 3 is 2.68 bits per heavy atom. The molecule has 0 spiro atoms. The Bertz CT molecular complexity index is 1100. The number of carbonyl (C=O) groups excluding carboxylic acids is 2. The van der Waals surface area contributed by atoms with E-state index in [1.807, 2.05) is 66.6 Å². The lowest BCUT2D eigenvalue weighted by Gasteiger charge is -2.39. The van der Waals surface area contributed by atoms with Crippen LogP contribution in [0.3, 0.4) is 0 Å². The van der Waals surface area contributed by atoms with E-state index in [2.05, 4.69) is 11.1 Å². The molecule has 6 nitrogen and oxygen atoms in total. The minimum Gasteiger partial charge on any atom is -0.484 e. The van der Waals surface area contributed by atoms with Crippen LogP contribution >= 0.6 is 11.3 Å². The molecule has 1 aromatic carbocycles. The number of thiophene rings is 1. The number of hydrogen-bond donors (Lipinski definition) is 0. The maximum absolute atomic E-state index is 13.4. The Morgan fingerprint density at radius 1 is 1.19 bits per heavy atom. The molecular formula is C24H27N3O3S. The van der Waals surface area contributed by atoms with E-state index in [4.69, 9.17) is 4.74 Å². The predicted molar refractivity (Wildman–Crippen MR) is 124 cm³/mol. The van der Waals surface area contributed by atoms with Gasteiger partial charge < -0.3 is 19.1 Å². The van der Waals surface area contributed by atoms with Gasteiger partial charge in [-0.05, 0) is 43.5 Å². The van der Waals surface area contributed by atoms with Crippen molar-refractivity contribution in [1.29, 1.82) is 0 Å². The Balaban J connectivity index is 1.42. The van der Waals surface area contributed by atoms with Crippen LogP contribution in [0.25, 0.3) is 10.2 Å². The lowest BCUT2D eigenvalue weighted by Crippen LogP contribution is -2.56. The van der Waals surface area contributed by atoms with Gasteiger partial charge in [0, 0.05) is 37.6 Å². The number of nitrogens with zero attached hydrogens (tertiary/aromatic N) is 3. The van der Waals surface area contributed by atoms with Crippen molar-refractivity contribution < 1.29 is 14.3 Å². The molecule has 1 fully saturated rings. The minimum atomic E-state index is -0.0738. The molecule has 162 valence electrons. The summed E-state index contributed by atoms with van der Waals surface area (Å²) in [5.74, 6) is 0.620. The second-order valence-electron chi connectivity index (χ2n) is 8.04. The summed E-state index contributed by atoms with van der Waals surface area (Å²) in [4.78, 5) is 30.8. The van der Waals surface area contributed by atoms with Crippen LogP contribution in [0.2, 0.25) is 0 Å². The standard InChI is InChI=1S/C24H27N3O3S/c1-17(2)14-27-21(13-19-9-12-31-24(19)27)23(29)25-10-11-26(18(3)15-25)22(28)16-30-20-7-5-4-6-8-20/h4-9,12-13,18H,1,10-11,14-16H2,2-3H3. The largest absolute Gasteiger partial charge is 0.484 e. The van der Waals surface area contributed by atoms with Crippen molar-refractivity contribution in [2.75, 3.05) is 26.2 Å². The fourth-order valence-electron chi connectivity index (χ4n) is 4.00. The number of carbonyl (C=O) groups is 2. The molecule has 2 aromatic heterocycles. The van der Waals surface area contributed by atoms with Gasteiger partial charge in [0.25, 0.3) is 11.8 Å². The molecule has 0 saturated carbocycles. The van der Waals surface area contributed by atoms with Crippen molar-refractivity contribution in [1.82, 2.24) is 14.4 Å². The number of hydrogen-bond acceptors (Lipinski definition) is 4. The molecule has 1 saturated heterocycles.